The number of rotatable bonds is 4. The number of carbonyl (C=O) groups excluding carboxylic acids is 1. The number of carbonyl (C=O) groups is 1. The summed E-state index contributed by atoms with van der Waals surface area (Å²) in [6.07, 6.45) is -3.26. The van der Waals surface area contributed by atoms with Crippen LogP contribution in [0.15, 0.2) is 48.8 Å². The number of fused-ring (bicyclic) bond motifs is 1. The number of alkyl halides is 3. The van der Waals surface area contributed by atoms with Crippen molar-refractivity contribution in [2.75, 3.05) is 11.1 Å². The van der Waals surface area contributed by atoms with Gasteiger partial charge in [-0.25, -0.2) is 14.6 Å². The normalized spacial score (nSPS) is 11.7. The third kappa shape index (κ3) is 4.11. The van der Waals surface area contributed by atoms with Gasteiger partial charge in [-0.2, -0.15) is 18.3 Å². The fourth-order valence-corrected chi connectivity index (χ4v) is 3.50. The molecule has 4 rings (SSSR count). The molecule has 1 amide bonds. The summed E-state index contributed by atoms with van der Waals surface area (Å²) >= 11 is 0. The standard InChI is InChI=1S/C22H19F3N6O/c1-12-8-14(19-18-20(26)27-11-28-21(18)31(2)30-19)6-7-16(12)29-17(32)10-13-4-3-5-15(9-13)22(23,24)25/h3-9,11H,10H2,1-2H3,(H,29,32)(H2,26,27,28). The van der Waals surface area contributed by atoms with Gasteiger partial charge in [0, 0.05) is 18.3 Å². The number of nitrogens with two attached hydrogens (primary N) is 1. The van der Waals surface area contributed by atoms with Crippen molar-refractivity contribution in [3.63, 3.8) is 0 Å². The minimum absolute atomic E-state index is 0.177. The molecule has 0 spiro atoms. The summed E-state index contributed by atoms with van der Waals surface area (Å²) in [5.74, 6) is -0.102. The number of benzene rings is 2. The zero-order valence-corrected chi connectivity index (χ0v) is 17.2. The Labute approximate surface area is 181 Å². The van der Waals surface area contributed by atoms with Crippen LogP contribution in [-0.4, -0.2) is 25.7 Å². The molecule has 2 aromatic carbocycles. The van der Waals surface area contributed by atoms with Crippen molar-refractivity contribution in [1.82, 2.24) is 19.7 Å². The van der Waals surface area contributed by atoms with Crippen molar-refractivity contribution >= 4 is 28.4 Å². The monoisotopic (exact) mass is 440 g/mol. The summed E-state index contributed by atoms with van der Waals surface area (Å²) in [6, 6.07) is 10.1. The van der Waals surface area contributed by atoms with Crippen molar-refractivity contribution in [1.29, 1.82) is 0 Å². The first kappa shape index (κ1) is 21.3. The molecular formula is C22H19F3N6O. The molecular weight excluding hydrogens is 421 g/mol. The Kier molecular flexibility index (Phi) is 5.29. The van der Waals surface area contributed by atoms with Gasteiger partial charge in [0.1, 0.15) is 17.8 Å². The smallest absolute Gasteiger partial charge is 0.383 e. The van der Waals surface area contributed by atoms with Gasteiger partial charge >= 0.3 is 6.18 Å². The minimum atomic E-state index is -4.46. The Morgan fingerprint density at radius 1 is 1.16 bits per heavy atom. The predicted octanol–water partition coefficient (Wildman–Crippen LogP) is 4.12. The Hall–Kier alpha value is -3.95. The van der Waals surface area contributed by atoms with E-state index in [1.807, 2.05) is 13.0 Å². The first-order valence-electron chi connectivity index (χ1n) is 9.63. The van der Waals surface area contributed by atoms with E-state index in [4.69, 9.17) is 5.73 Å². The van der Waals surface area contributed by atoms with E-state index in [1.54, 1.807) is 23.9 Å². The number of hydrogen-bond acceptors (Lipinski definition) is 5. The van der Waals surface area contributed by atoms with Gasteiger partial charge < -0.3 is 11.1 Å². The molecule has 2 aromatic heterocycles. The second-order valence-electron chi connectivity index (χ2n) is 7.38. The maximum atomic E-state index is 12.9. The molecule has 2 heterocycles. The van der Waals surface area contributed by atoms with Crippen LogP contribution in [0.1, 0.15) is 16.7 Å². The van der Waals surface area contributed by atoms with Gasteiger partial charge in [-0.3, -0.25) is 4.79 Å². The summed E-state index contributed by atoms with van der Waals surface area (Å²) in [6.45, 7) is 1.81. The number of nitrogen functional groups attached to an aromatic ring is 1. The lowest BCUT2D eigenvalue weighted by Crippen LogP contribution is -2.16. The lowest BCUT2D eigenvalue weighted by molar-refractivity contribution is -0.137. The fraction of sp³-hybridized carbons (Fsp3) is 0.182. The predicted molar refractivity (Wildman–Crippen MR) is 115 cm³/mol. The molecule has 0 bridgehead atoms. The molecule has 0 aliphatic carbocycles. The van der Waals surface area contributed by atoms with Gasteiger partial charge in [0.15, 0.2) is 5.65 Å². The van der Waals surface area contributed by atoms with Gasteiger partial charge in [0.05, 0.1) is 17.4 Å². The van der Waals surface area contributed by atoms with Gasteiger partial charge in [-0.1, -0.05) is 24.3 Å². The van der Waals surface area contributed by atoms with E-state index >= 15 is 0 Å². The average molecular weight is 440 g/mol. The third-order valence-corrected chi connectivity index (χ3v) is 5.04. The first-order valence-corrected chi connectivity index (χ1v) is 9.63. The zero-order chi connectivity index (χ0) is 23.0. The topological polar surface area (TPSA) is 98.7 Å². The lowest BCUT2D eigenvalue weighted by atomic mass is 10.0. The number of hydrogen-bond donors (Lipinski definition) is 2. The van der Waals surface area contributed by atoms with E-state index < -0.39 is 17.6 Å². The number of amides is 1. The van der Waals surface area contributed by atoms with Crippen LogP contribution in [0.5, 0.6) is 0 Å². The van der Waals surface area contributed by atoms with Crippen molar-refractivity contribution in [2.24, 2.45) is 7.05 Å². The molecule has 0 fully saturated rings. The third-order valence-electron chi connectivity index (χ3n) is 5.04. The second-order valence-corrected chi connectivity index (χ2v) is 7.38. The Bertz CT molecular complexity index is 1330. The van der Waals surface area contributed by atoms with Crippen LogP contribution in [0, 0.1) is 6.92 Å². The molecule has 32 heavy (non-hydrogen) atoms. The number of halogens is 3. The fourth-order valence-electron chi connectivity index (χ4n) is 3.50. The van der Waals surface area contributed by atoms with Gasteiger partial charge in [0.2, 0.25) is 5.91 Å². The summed E-state index contributed by atoms with van der Waals surface area (Å²) < 4.78 is 40.3. The SMILES string of the molecule is Cc1cc(-c2nn(C)c3ncnc(N)c23)ccc1NC(=O)Cc1cccc(C(F)(F)F)c1. The summed E-state index contributed by atoms with van der Waals surface area (Å²) in [4.78, 5) is 20.7. The van der Waals surface area contributed by atoms with Crippen LogP contribution in [0.2, 0.25) is 0 Å². The van der Waals surface area contributed by atoms with Crippen molar-refractivity contribution < 1.29 is 18.0 Å². The van der Waals surface area contributed by atoms with E-state index in [1.165, 1.54) is 18.5 Å². The molecule has 0 saturated carbocycles. The number of nitrogens with zero attached hydrogens (tertiary/aromatic N) is 4. The van der Waals surface area contributed by atoms with Crippen molar-refractivity contribution in [3.05, 3.63) is 65.5 Å². The highest BCUT2D eigenvalue weighted by Gasteiger charge is 2.30. The van der Waals surface area contributed by atoms with E-state index in [0.29, 0.717) is 28.2 Å². The van der Waals surface area contributed by atoms with Gasteiger partial charge in [-0.15, -0.1) is 0 Å². The Morgan fingerprint density at radius 2 is 1.94 bits per heavy atom. The van der Waals surface area contributed by atoms with E-state index in [-0.39, 0.29) is 12.0 Å². The van der Waals surface area contributed by atoms with Crippen LogP contribution in [-0.2, 0) is 24.4 Å². The van der Waals surface area contributed by atoms with Gasteiger partial charge in [-0.05, 0) is 36.2 Å². The summed E-state index contributed by atoms with van der Waals surface area (Å²) in [7, 11) is 1.76. The molecule has 0 aliphatic heterocycles. The largest absolute Gasteiger partial charge is 0.416 e. The maximum absolute atomic E-state index is 12.9. The molecule has 0 atom stereocenters. The lowest BCUT2D eigenvalue weighted by Gasteiger charge is -2.11. The summed E-state index contributed by atoms with van der Waals surface area (Å²) in [5.41, 5.74) is 8.81. The summed E-state index contributed by atoms with van der Waals surface area (Å²) in [5, 5.41) is 7.88. The Balaban J connectivity index is 1.56. The number of aryl methyl sites for hydroxylation is 2. The molecule has 10 heteroatoms. The zero-order valence-electron chi connectivity index (χ0n) is 17.2. The van der Waals surface area contributed by atoms with Gasteiger partial charge in [0.25, 0.3) is 0 Å². The highest BCUT2D eigenvalue weighted by atomic mass is 19.4. The highest BCUT2D eigenvalue weighted by molar-refractivity contribution is 5.99. The minimum Gasteiger partial charge on any atom is -0.383 e. The van der Waals surface area contributed by atoms with Crippen molar-refractivity contribution in [3.8, 4) is 11.3 Å². The van der Waals surface area contributed by atoms with Crippen LogP contribution >= 0.6 is 0 Å². The molecule has 3 N–H and O–H groups in total. The van der Waals surface area contributed by atoms with E-state index in [0.717, 1.165) is 23.3 Å². The number of aromatic nitrogens is 4. The van der Waals surface area contributed by atoms with E-state index in [2.05, 4.69) is 20.4 Å². The maximum Gasteiger partial charge on any atom is 0.416 e. The highest BCUT2D eigenvalue weighted by Crippen LogP contribution is 2.32. The average Bonchev–Trinajstić information content (AvgIpc) is 3.07. The quantitative estimate of drug-likeness (QED) is 0.497. The van der Waals surface area contributed by atoms with Crippen LogP contribution in [0.3, 0.4) is 0 Å². The van der Waals surface area contributed by atoms with Crippen LogP contribution in [0.4, 0.5) is 24.7 Å². The molecule has 0 aliphatic rings. The Morgan fingerprint density at radius 3 is 2.66 bits per heavy atom. The van der Waals surface area contributed by atoms with E-state index in [9.17, 15) is 18.0 Å². The van der Waals surface area contributed by atoms with Crippen LogP contribution in [0.25, 0.3) is 22.3 Å². The van der Waals surface area contributed by atoms with Crippen molar-refractivity contribution in [2.45, 2.75) is 19.5 Å². The molecule has 164 valence electrons. The second kappa shape index (κ2) is 7.95. The van der Waals surface area contributed by atoms with Crippen LogP contribution < -0.4 is 11.1 Å². The molecule has 4 aromatic rings. The number of nitrogens with one attached hydrogen (secondary N) is 1. The number of anilines is 2. The molecule has 0 saturated heterocycles. The first-order chi connectivity index (χ1) is 15.1. The molecule has 0 radical (unpaired) electrons. The molecule has 7 nitrogen and oxygen atoms in total. The molecule has 0 unspecified atom stereocenters.